The van der Waals surface area contributed by atoms with Gasteiger partial charge in [-0.25, -0.2) is 9.97 Å². The Kier molecular flexibility index (Phi) is 8.25. The second-order valence-electron chi connectivity index (χ2n) is 8.27. The third-order valence-electron chi connectivity index (χ3n) is 5.44. The number of aromatic nitrogens is 6. The molecule has 0 aromatic carbocycles. The number of amides is 1. The molecule has 0 bridgehead atoms. The highest BCUT2D eigenvalue weighted by atomic mass is 35.5. The number of hydrogen-bond acceptors (Lipinski definition) is 8. The third kappa shape index (κ3) is 6.28. The predicted octanol–water partition coefficient (Wildman–Crippen LogP) is 4.47. The lowest BCUT2D eigenvalue weighted by molar-refractivity contribution is -0.129. The van der Waals surface area contributed by atoms with Crippen LogP contribution in [0.1, 0.15) is 5.56 Å². The number of fused-ring (bicyclic) bond motifs is 2. The van der Waals surface area contributed by atoms with Crippen molar-refractivity contribution in [2.75, 3.05) is 14.1 Å². The first-order valence-electron chi connectivity index (χ1n) is 11.3. The summed E-state index contributed by atoms with van der Waals surface area (Å²) < 4.78 is 1.60. The molecular weight excluding hydrogens is 525 g/mol. The van der Waals surface area contributed by atoms with E-state index in [1.165, 1.54) is 17.3 Å². The maximum Gasteiger partial charge on any atom is 0.243 e. The molecule has 5 aromatic rings. The van der Waals surface area contributed by atoms with Gasteiger partial charge in [-0.05, 0) is 36.4 Å². The molecule has 5 aromatic heterocycles. The van der Waals surface area contributed by atoms with Crippen molar-refractivity contribution < 1.29 is 4.79 Å². The molecule has 0 spiro atoms. The van der Waals surface area contributed by atoms with Gasteiger partial charge in [-0.3, -0.25) is 19.4 Å². The van der Waals surface area contributed by atoms with Crippen molar-refractivity contribution in [3.63, 3.8) is 0 Å². The second-order valence-corrected chi connectivity index (χ2v) is 9.05. The molecule has 0 aliphatic heterocycles. The molecule has 12 heteroatoms. The quantitative estimate of drug-likeness (QED) is 0.244. The minimum Gasteiger partial charge on any atom is -0.404 e. The van der Waals surface area contributed by atoms with Crippen LogP contribution < -0.4 is 5.73 Å². The molecule has 0 atom stereocenters. The maximum absolute atomic E-state index is 11.7. The Balaban J connectivity index is 0.000000186. The number of allylic oxidation sites excluding steroid dienone is 1. The van der Waals surface area contributed by atoms with Gasteiger partial charge in [-0.1, -0.05) is 23.2 Å². The third-order valence-corrected chi connectivity index (χ3v) is 5.86. The van der Waals surface area contributed by atoms with Crippen LogP contribution in [0.5, 0.6) is 0 Å². The zero-order chi connectivity index (χ0) is 27.2. The molecule has 0 aliphatic rings. The van der Waals surface area contributed by atoms with Gasteiger partial charge >= 0.3 is 0 Å². The van der Waals surface area contributed by atoms with Crippen LogP contribution in [0.15, 0.2) is 67.4 Å². The van der Waals surface area contributed by atoms with Gasteiger partial charge in [0.25, 0.3) is 0 Å². The number of nitrogens with one attached hydrogen (secondary N) is 1. The van der Waals surface area contributed by atoms with Crippen molar-refractivity contribution in [3.05, 3.63) is 83.3 Å². The lowest BCUT2D eigenvalue weighted by Gasteiger charge is -2.09. The number of carbonyl (C=O) groups is 1. The van der Waals surface area contributed by atoms with Gasteiger partial charge in [0, 0.05) is 67.4 Å². The highest BCUT2D eigenvalue weighted by molar-refractivity contribution is 6.30. The van der Waals surface area contributed by atoms with E-state index in [4.69, 9.17) is 34.3 Å². The molecule has 1 amide bonds. The molecule has 5 heterocycles. The summed E-state index contributed by atoms with van der Waals surface area (Å²) in [5, 5.41) is 12.3. The van der Waals surface area contributed by atoms with Gasteiger partial charge in [0.15, 0.2) is 0 Å². The second kappa shape index (κ2) is 11.8. The number of hydrogen-bond donors (Lipinski definition) is 2. The van der Waals surface area contributed by atoms with Crippen molar-refractivity contribution in [2.24, 2.45) is 5.73 Å². The fraction of sp³-hybridized carbons (Fsp3) is 0.115. The molecule has 0 saturated carbocycles. The maximum atomic E-state index is 11.7. The van der Waals surface area contributed by atoms with Crippen molar-refractivity contribution in [2.45, 2.75) is 6.54 Å². The van der Waals surface area contributed by atoms with E-state index in [0.29, 0.717) is 21.4 Å². The number of halogens is 2. The SMILES string of the molecule is CN(C)C(=O)Cn1cc(-c2cnc3ccc(Cl)nc3c2)cn1.N=C/C(=C\N)c1cnc2ccc(Cl)nc2c1. The summed E-state index contributed by atoms with van der Waals surface area (Å²) in [6.07, 6.45) is 9.47. The summed E-state index contributed by atoms with van der Waals surface area (Å²) in [6, 6.07) is 10.7. The van der Waals surface area contributed by atoms with E-state index in [0.717, 1.165) is 33.2 Å². The number of rotatable bonds is 5. The first kappa shape index (κ1) is 26.6. The van der Waals surface area contributed by atoms with E-state index in [1.807, 2.05) is 18.3 Å². The Bertz CT molecular complexity index is 1660. The van der Waals surface area contributed by atoms with E-state index in [2.05, 4.69) is 25.0 Å². The first-order valence-corrected chi connectivity index (χ1v) is 12.0. The van der Waals surface area contributed by atoms with Crippen LogP contribution in [0.4, 0.5) is 0 Å². The van der Waals surface area contributed by atoms with Crippen LogP contribution in [0.2, 0.25) is 10.3 Å². The molecule has 0 radical (unpaired) electrons. The van der Waals surface area contributed by atoms with E-state index >= 15 is 0 Å². The fourth-order valence-electron chi connectivity index (χ4n) is 3.39. The fourth-order valence-corrected chi connectivity index (χ4v) is 3.69. The van der Waals surface area contributed by atoms with Crippen molar-refractivity contribution in [1.29, 1.82) is 5.41 Å². The highest BCUT2D eigenvalue weighted by Crippen LogP contribution is 2.22. The van der Waals surface area contributed by atoms with E-state index < -0.39 is 0 Å². The number of carbonyl (C=O) groups excluding carboxylic acids is 1. The Morgan fingerprint density at radius 2 is 1.58 bits per heavy atom. The van der Waals surface area contributed by atoms with Gasteiger partial charge in [-0.15, -0.1) is 0 Å². The lowest BCUT2D eigenvalue weighted by atomic mass is 10.1. The van der Waals surface area contributed by atoms with Crippen LogP contribution >= 0.6 is 23.2 Å². The standard InChI is InChI=1S/C15H14ClN5O.C11H9ClN4/c1-20(2)15(22)9-21-8-11(7-18-21)10-5-13-12(17-6-10)3-4-14(16)19-13;12-11-2-1-9-10(16-11)3-7(6-15-9)8(4-13)5-14/h3-8H,9H2,1-2H3;1-6,13H,14H2/b;8-5+,13-4?. The molecular formula is C26H23Cl2N9O. The van der Waals surface area contributed by atoms with Crippen molar-refractivity contribution in [3.8, 4) is 11.1 Å². The van der Waals surface area contributed by atoms with Crippen LogP contribution in [0.25, 0.3) is 38.8 Å². The molecule has 0 fully saturated rings. The van der Waals surface area contributed by atoms with Crippen molar-refractivity contribution in [1.82, 2.24) is 34.6 Å². The Morgan fingerprint density at radius 3 is 2.18 bits per heavy atom. The minimum atomic E-state index is -0.0141. The molecule has 0 unspecified atom stereocenters. The zero-order valence-corrected chi connectivity index (χ0v) is 22.0. The summed E-state index contributed by atoms with van der Waals surface area (Å²) in [7, 11) is 3.44. The van der Waals surface area contributed by atoms with Gasteiger partial charge in [0.2, 0.25) is 5.91 Å². The number of likely N-dealkylation sites (N-methyl/N-ethyl adjacent to an activating group) is 1. The summed E-state index contributed by atoms with van der Waals surface area (Å²) in [5.41, 5.74) is 11.5. The Morgan fingerprint density at radius 1 is 0.947 bits per heavy atom. The van der Waals surface area contributed by atoms with Gasteiger partial charge in [0.05, 0.1) is 28.3 Å². The molecule has 38 heavy (non-hydrogen) atoms. The van der Waals surface area contributed by atoms with Gasteiger partial charge in [-0.2, -0.15) is 5.10 Å². The summed E-state index contributed by atoms with van der Waals surface area (Å²) in [4.78, 5) is 30.2. The van der Waals surface area contributed by atoms with E-state index in [-0.39, 0.29) is 12.5 Å². The molecule has 10 nitrogen and oxygen atoms in total. The Labute approximate surface area is 228 Å². The predicted molar refractivity (Wildman–Crippen MR) is 150 cm³/mol. The average molecular weight is 548 g/mol. The summed E-state index contributed by atoms with van der Waals surface area (Å²) in [6.45, 7) is 0.206. The normalized spacial score (nSPS) is 11.2. The summed E-state index contributed by atoms with van der Waals surface area (Å²) >= 11 is 11.7. The lowest BCUT2D eigenvalue weighted by Crippen LogP contribution is -2.26. The molecule has 3 N–H and O–H groups in total. The monoisotopic (exact) mass is 547 g/mol. The number of nitrogens with two attached hydrogens (primary N) is 1. The minimum absolute atomic E-state index is 0.0141. The van der Waals surface area contributed by atoms with Gasteiger partial charge in [0.1, 0.15) is 16.9 Å². The van der Waals surface area contributed by atoms with Gasteiger partial charge < -0.3 is 16.0 Å². The van der Waals surface area contributed by atoms with Crippen LogP contribution in [0, 0.1) is 5.41 Å². The van der Waals surface area contributed by atoms with Crippen LogP contribution in [-0.2, 0) is 11.3 Å². The number of nitrogens with zero attached hydrogens (tertiary/aromatic N) is 7. The topological polar surface area (TPSA) is 140 Å². The molecule has 5 rings (SSSR count). The Hall–Kier alpha value is -4.41. The molecule has 0 aliphatic carbocycles. The average Bonchev–Trinajstić information content (AvgIpc) is 3.37. The van der Waals surface area contributed by atoms with Crippen LogP contribution in [-0.4, -0.2) is 60.8 Å². The highest BCUT2D eigenvalue weighted by Gasteiger charge is 2.09. The largest absolute Gasteiger partial charge is 0.404 e. The summed E-state index contributed by atoms with van der Waals surface area (Å²) in [5.74, 6) is -0.0141. The van der Waals surface area contributed by atoms with Crippen molar-refractivity contribution >= 4 is 63.0 Å². The van der Waals surface area contributed by atoms with E-state index in [1.54, 1.807) is 61.6 Å². The van der Waals surface area contributed by atoms with Crippen LogP contribution in [0.3, 0.4) is 0 Å². The molecule has 0 saturated heterocycles. The van der Waals surface area contributed by atoms with E-state index in [9.17, 15) is 4.79 Å². The first-order chi connectivity index (χ1) is 18.3. The zero-order valence-electron chi connectivity index (χ0n) is 20.5. The molecule has 192 valence electrons. The smallest absolute Gasteiger partial charge is 0.243 e. The number of pyridine rings is 4.